The fraction of sp³-hybridized carbons (Fsp3) is 0.381. The van der Waals surface area contributed by atoms with Crippen molar-refractivity contribution >= 4 is 49.9 Å². The van der Waals surface area contributed by atoms with Crippen molar-refractivity contribution in [2.24, 2.45) is 0 Å². The molecule has 1 aromatic heterocycles. The average molecular weight is 498 g/mol. The van der Waals surface area contributed by atoms with Crippen LogP contribution >= 0.6 is 11.3 Å². The molecule has 2 rings (SSSR count). The van der Waals surface area contributed by atoms with Crippen LogP contribution in [0.3, 0.4) is 0 Å². The number of carbonyl (C=O) groups excluding carboxylic acids is 3. The van der Waals surface area contributed by atoms with Crippen LogP contribution in [0.2, 0.25) is 0 Å². The van der Waals surface area contributed by atoms with Gasteiger partial charge in [-0.1, -0.05) is 0 Å². The Morgan fingerprint density at radius 3 is 2.15 bits per heavy atom. The Kier molecular flexibility index (Phi) is 8.58. The Morgan fingerprint density at radius 1 is 1.06 bits per heavy atom. The molecule has 0 saturated carbocycles. The van der Waals surface area contributed by atoms with Crippen molar-refractivity contribution in [1.82, 2.24) is 4.31 Å². The molecule has 0 unspecified atom stereocenters. The standard InChI is InChI=1S/C21H27N3O7S2/c1-12(2)24(4)33(28,29)15-9-7-14(8-10-15)22-11-16(25)23-19-17(20(26)30-5)13(3)18(32-19)21(27)31-6/h7-10,12,22H,11H2,1-6H3,(H,23,25). The predicted octanol–water partition coefficient (Wildman–Crippen LogP) is 2.71. The number of hydrogen-bond acceptors (Lipinski definition) is 9. The molecule has 2 aromatic rings. The molecule has 1 amide bonds. The van der Waals surface area contributed by atoms with Gasteiger partial charge in [0.15, 0.2) is 0 Å². The van der Waals surface area contributed by atoms with Gasteiger partial charge in [0.25, 0.3) is 0 Å². The Labute approximate surface area is 196 Å². The summed E-state index contributed by atoms with van der Waals surface area (Å²) < 4.78 is 35.8. The Hall–Kier alpha value is -2.96. The maximum absolute atomic E-state index is 12.5. The third-order valence-corrected chi connectivity index (χ3v) is 8.11. The minimum atomic E-state index is -3.61. The number of nitrogens with one attached hydrogen (secondary N) is 2. The minimum Gasteiger partial charge on any atom is -0.465 e. The van der Waals surface area contributed by atoms with E-state index in [1.54, 1.807) is 32.9 Å². The lowest BCUT2D eigenvalue weighted by Crippen LogP contribution is -2.33. The third-order valence-electron chi connectivity index (χ3n) is 4.87. The molecule has 0 atom stereocenters. The van der Waals surface area contributed by atoms with E-state index >= 15 is 0 Å². The van der Waals surface area contributed by atoms with E-state index in [4.69, 9.17) is 9.47 Å². The van der Waals surface area contributed by atoms with Gasteiger partial charge in [-0.3, -0.25) is 4.79 Å². The molecule has 1 heterocycles. The van der Waals surface area contributed by atoms with Crippen molar-refractivity contribution in [2.75, 3.05) is 38.4 Å². The van der Waals surface area contributed by atoms with E-state index < -0.39 is 27.9 Å². The Bertz CT molecular complexity index is 1140. The molecular formula is C21H27N3O7S2. The third kappa shape index (κ3) is 5.89. The number of rotatable bonds is 9. The molecule has 0 bridgehead atoms. The monoisotopic (exact) mass is 497 g/mol. The summed E-state index contributed by atoms with van der Waals surface area (Å²) in [6.07, 6.45) is 0. The summed E-state index contributed by atoms with van der Waals surface area (Å²) in [5.74, 6) is -1.79. The Balaban J connectivity index is 2.12. The highest BCUT2D eigenvalue weighted by Gasteiger charge is 2.27. The predicted molar refractivity (Wildman–Crippen MR) is 125 cm³/mol. The lowest BCUT2D eigenvalue weighted by atomic mass is 10.1. The van der Waals surface area contributed by atoms with Crippen molar-refractivity contribution in [3.8, 4) is 0 Å². The van der Waals surface area contributed by atoms with E-state index in [9.17, 15) is 22.8 Å². The first-order valence-electron chi connectivity index (χ1n) is 9.85. The second-order valence-electron chi connectivity index (χ2n) is 7.28. The van der Waals surface area contributed by atoms with Gasteiger partial charge >= 0.3 is 11.9 Å². The summed E-state index contributed by atoms with van der Waals surface area (Å²) in [6, 6.07) is 5.83. The second kappa shape index (κ2) is 10.8. The minimum absolute atomic E-state index is 0.0834. The van der Waals surface area contributed by atoms with Crippen molar-refractivity contribution in [3.05, 3.63) is 40.3 Å². The highest BCUT2D eigenvalue weighted by molar-refractivity contribution is 7.89. The molecule has 33 heavy (non-hydrogen) atoms. The fourth-order valence-corrected chi connectivity index (χ4v) is 5.28. The summed E-state index contributed by atoms with van der Waals surface area (Å²) >= 11 is 0.916. The highest BCUT2D eigenvalue weighted by atomic mass is 32.2. The molecular weight excluding hydrogens is 470 g/mol. The first kappa shape index (κ1) is 26.3. The van der Waals surface area contributed by atoms with Crippen molar-refractivity contribution in [2.45, 2.75) is 31.7 Å². The normalized spacial score (nSPS) is 11.4. The van der Waals surface area contributed by atoms with Gasteiger partial charge in [-0.05, 0) is 50.6 Å². The molecule has 10 nitrogen and oxygen atoms in total. The molecule has 0 spiro atoms. The number of ether oxygens (including phenoxy) is 2. The highest BCUT2D eigenvalue weighted by Crippen LogP contribution is 2.34. The zero-order valence-electron chi connectivity index (χ0n) is 19.2. The van der Waals surface area contributed by atoms with E-state index in [0.717, 1.165) is 11.3 Å². The first-order chi connectivity index (χ1) is 15.4. The molecule has 12 heteroatoms. The number of benzene rings is 1. The zero-order valence-corrected chi connectivity index (χ0v) is 20.8. The molecule has 0 saturated heterocycles. The molecule has 0 aliphatic rings. The van der Waals surface area contributed by atoms with Crippen molar-refractivity contribution < 1.29 is 32.3 Å². The quantitative estimate of drug-likeness (QED) is 0.506. The fourth-order valence-electron chi connectivity index (χ4n) is 2.78. The number of thiophene rings is 1. The van der Waals surface area contributed by atoms with Crippen molar-refractivity contribution in [1.29, 1.82) is 0 Å². The smallest absolute Gasteiger partial charge is 0.348 e. The lowest BCUT2D eigenvalue weighted by molar-refractivity contribution is -0.114. The summed E-state index contributed by atoms with van der Waals surface area (Å²) in [6.45, 7) is 4.96. The summed E-state index contributed by atoms with van der Waals surface area (Å²) in [7, 11) is 0.326. The summed E-state index contributed by atoms with van der Waals surface area (Å²) in [5.41, 5.74) is 0.965. The molecule has 1 aromatic carbocycles. The number of nitrogens with zero attached hydrogens (tertiary/aromatic N) is 1. The molecule has 0 aliphatic heterocycles. The molecule has 0 aliphatic carbocycles. The first-order valence-corrected chi connectivity index (χ1v) is 12.1. The summed E-state index contributed by atoms with van der Waals surface area (Å²) in [5, 5.41) is 5.67. The number of hydrogen-bond donors (Lipinski definition) is 2. The van der Waals surface area contributed by atoms with E-state index in [0.29, 0.717) is 11.3 Å². The van der Waals surface area contributed by atoms with Gasteiger partial charge in [0.2, 0.25) is 15.9 Å². The van der Waals surface area contributed by atoms with Crippen LogP contribution in [0.15, 0.2) is 29.2 Å². The molecule has 0 radical (unpaired) electrons. The van der Waals surface area contributed by atoms with Crippen LogP contribution in [-0.4, -0.2) is 64.4 Å². The number of carbonyl (C=O) groups is 3. The van der Waals surface area contributed by atoms with E-state index in [1.807, 2.05) is 0 Å². The molecule has 0 fully saturated rings. The molecule has 2 N–H and O–H groups in total. The van der Waals surface area contributed by atoms with Crippen LogP contribution in [0.4, 0.5) is 10.7 Å². The van der Waals surface area contributed by atoms with Crippen LogP contribution < -0.4 is 10.6 Å². The van der Waals surface area contributed by atoms with Gasteiger partial charge in [0.1, 0.15) is 9.88 Å². The number of sulfonamides is 1. The van der Waals surface area contributed by atoms with Gasteiger partial charge in [0.05, 0.1) is 31.2 Å². The van der Waals surface area contributed by atoms with Gasteiger partial charge in [-0.25, -0.2) is 18.0 Å². The average Bonchev–Trinajstić information content (AvgIpc) is 3.11. The molecule has 180 valence electrons. The van der Waals surface area contributed by atoms with E-state index in [2.05, 4.69) is 10.6 Å². The van der Waals surface area contributed by atoms with Crippen LogP contribution in [0.25, 0.3) is 0 Å². The summed E-state index contributed by atoms with van der Waals surface area (Å²) in [4.78, 5) is 36.9. The number of anilines is 2. The van der Waals surface area contributed by atoms with E-state index in [-0.39, 0.29) is 32.9 Å². The van der Waals surface area contributed by atoms with Crippen LogP contribution in [0.1, 0.15) is 39.4 Å². The van der Waals surface area contributed by atoms with Crippen molar-refractivity contribution in [3.63, 3.8) is 0 Å². The number of methoxy groups -OCH3 is 2. The Morgan fingerprint density at radius 2 is 1.64 bits per heavy atom. The van der Waals surface area contributed by atoms with Crippen LogP contribution in [-0.2, 0) is 24.3 Å². The van der Waals surface area contributed by atoms with Gasteiger partial charge in [-0.15, -0.1) is 11.3 Å². The SMILES string of the molecule is COC(=O)c1sc(NC(=O)CNc2ccc(S(=O)(=O)N(C)C(C)C)cc2)c(C(=O)OC)c1C. The van der Waals surface area contributed by atoms with Crippen LogP contribution in [0, 0.1) is 6.92 Å². The second-order valence-corrected chi connectivity index (χ2v) is 10.3. The van der Waals surface area contributed by atoms with E-state index in [1.165, 1.54) is 37.7 Å². The maximum Gasteiger partial charge on any atom is 0.348 e. The van der Waals surface area contributed by atoms with Gasteiger partial charge in [0, 0.05) is 18.8 Å². The van der Waals surface area contributed by atoms with Gasteiger partial charge < -0.3 is 20.1 Å². The zero-order chi connectivity index (χ0) is 24.9. The lowest BCUT2D eigenvalue weighted by Gasteiger charge is -2.21. The maximum atomic E-state index is 12.5. The van der Waals surface area contributed by atoms with Gasteiger partial charge in [-0.2, -0.15) is 4.31 Å². The number of amides is 1. The number of esters is 2. The largest absolute Gasteiger partial charge is 0.465 e. The topological polar surface area (TPSA) is 131 Å². The van der Waals surface area contributed by atoms with Crippen LogP contribution in [0.5, 0.6) is 0 Å².